The normalized spacial score (nSPS) is 27.3. The SMILES string of the molecule is CCC1CN(CCF)CCN1. The molecule has 11 heavy (non-hydrogen) atoms. The smallest absolute Gasteiger partial charge is 0.102 e. The van der Waals surface area contributed by atoms with E-state index >= 15 is 0 Å². The van der Waals surface area contributed by atoms with Crippen molar-refractivity contribution in [2.45, 2.75) is 19.4 Å². The molecule has 1 aliphatic heterocycles. The van der Waals surface area contributed by atoms with Gasteiger partial charge in [-0.05, 0) is 6.42 Å². The Bertz CT molecular complexity index is 106. The van der Waals surface area contributed by atoms with Crippen molar-refractivity contribution in [3.05, 3.63) is 0 Å². The Hall–Kier alpha value is -0.150. The highest BCUT2D eigenvalue weighted by Crippen LogP contribution is 2.01. The first-order chi connectivity index (χ1) is 5.36. The van der Waals surface area contributed by atoms with Crippen LogP contribution in [-0.2, 0) is 0 Å². The van der Waals surface area contributed by atoms with Gasteiger partial charge in [-0.2, -0.15) is 0 Å². The maximum atomic E-state index is 11.9. The second-order valence-electron chi connectivity index (χ2n) is 3.05. The summed E-state index contributed by atoms with van der Waals surface area (Å²) in [6, 6.07) is 0.579. The Balaban J connectivity index is 2.21. The zero-order valence-electron chi connectivity index (χ0n) is 7.15. The minimum absolute atomic E-state index is 0.212. The van der Waals surface area contributed by atoms with Gasteiger partial charge in [0.05, 0.1) is 0 Å². The van der Waals surface area contributed by atoms with Crippen LogP contribution >= 0.6 is 0 Å². The monoisotopic (exact) mass is 160 g/mol. The van der Waals surface area contributed by atoms with Gasteiger partial charge in [-0.15, -0.1) is 0 Å². The van der Waals surface area contributed by atoms with E-state index in [1.54, 1.807) is 0 Å². The fraction of sp³-hybridized carbons (Fsp3) is 1.00. The molecule has 1 rings (SSSR count). The lowest BCUT2D eigenvalue weighted by atomic mass is 10.1. The van der Waals surface area contributed by atoms with Crippen LogP contribution in [0.5, 0.6) is 0 Å². The number of rotatable bonds is 3. The molecule has 0 radical (unpaired) electrons. The van der Waals surface area contributed by atoms with Crippen LogP contribution in [0.4, 0.5) is 4.39 Å². The van der Waals surface area contributed by atoms with Gasteiger partial charge in [-0.1, -0.05) is 6.92 Å². The first-order valence-corrected chi connectivity index (χ1v) is 4.38. The molecule has 1 saturated heterocycles. The zero-order valence-corrected chi connectivity index (χ0v) is 7.15. The molecule has 0 aromatic rings. The fourth-order valence-corrected chi connectivity index (χ4v) is 1.49. The summed E-state index contributed by atoms with van der Waals surface area (Å²) in [5.41, 5.74) is 0. The van der Waals surface area contributed by atoms with Crippen LogP contribution in [-0.4, -0.2) is 43.8 Å². The van der Waals surface area contributed by atoms with Crippen molar-refractivity contribution in [2.24, 2.45) is 0 Å². The van der Waals surface area contributed by atoms with Gasteiger partial charge < -0.3 is 5.32 Å². The van der Waals surface area contributed by atoms with Gasteiger partial charge in [0.15, 0.2) is 0 Å². The highest BCUT2D eigenvalue weighted by atomic mass is 19.1. The van der Waals surface area contributed by atoms with Gasteiger partial charge in [-0.3, -0.25) is 4.90 Å². The van der Waals surface area contributed by atoms with Gasteiger partial charge >= 0.3 is 0 Å². The van der Waals surface area contributed by atoms with Crippen molar-refractivity contribution in [3.8, 4) is 0 Å². The van der Waals surface area contributed by atoms with Crippen LogP contribution in [0.1, 0.15) is 13.3 Å². The number of hydrogen-bond acceptors (Lipinski definition) is 2. The van der Waals surface area contributed by atoms with Crippen molar-refractivity contribution in [1.29, 1.82) is 0 Å². The Morgan fingerprint density at radius 1 is 1.64 bits per heavy atom. The summed E-state index contributed by atoms with van der Waals surface area (Å²) >= 11 is 0. The largest absolute Gasteiger partial charge is 0.311 e. The summed E-state index contributed by atoms with van der Waals surface area (Å²) < 4.78 is 11.9. The molecule has 0 saturated carbocycles. The molecule has 1 unspecified atom stereocenters. The van der Waals surface area contributed by atoms with E-state index in [0.29, 0.717) is 12.6 Å². The minimum Gasteiger partial charge on any atom is -0.311 e. The van der Waals surface area contributed by atoms with Crippen molar-refractivity contribution in [2.75, 3.05) is 32.9 Å². The third kappa shape index (κ3) is 2.75. The summed E-state index contributed by atoms with van der Waals surface area (Å²) in [4.78, 5) is 2.19. The first-order valence-electron chi connectivity index (χ1n) is 4.38. The van der Waals surface area contributed by atoms with E-state index in [1.807, 2.05) is 0 Å². The number of nitrogens with one attached hydrogen (secondary N) is 1. The molecule has 0 amide bonds. The predicted octanol–water partition coefficient (Wildman–Crippen LogP) is 0.640. The van der Waals surface area contributed by atoms with Crippen LogP contribution in [0.3, 0.4) is 0 Å². The second kappa shape index (κ2) is 4.67. The Labute approximate surface area is 67.8 Å². The van der Waals surface area contributed by atoms with E-state index in [1.165, 1.54) is 0 Å². The fourth-order valence-electron chi connectivity index (χ4n) is 1.49. The van der Waals surface area contributed by atoms with E-state index in [0.717, 1.165) is 26.1 Å². The minimum atomic E-state index is -0.212. The lowest BCUT2D eigenvalue weighted by Gasteiger charge is -2.32. The van der Waals surface area contributed by atoms with E-state index in [-0.39, 0.29) is 6.67 Å². The molecular formula is C8H17FN2. The number of nitrogens with zero attached hydrogens (tertiary/aromatic N) is 1. The van der Waals surface area contributed by atoms with Crippen molar-refractivity contribution < 1.29 is 4.39 Å². The molecule has 66 valence electrons. The lowest BCUT2D eigenvalue weighted by Crippen LogP contribution is -2.50. The molecule has 1 aliphatic rings. The molecule has 2 nitrogen and oxygen atoms in total. The van der Waals surface area contributed by atoms with Crippen LogP contribution in [0.25, 0.3) is 0 Å². The maximum absolute atomic E-state index is 11.9. The van der Waals surface area contributed by atoms with Crippen molar-refractivity contribution >= 4 is 0 Å². The maximum Gasteiger partial charge on any atom is 0.102 e. The topological polar surface area (TPSA) is 15.3 Å². The zero-order chi connectivity index (χ0) is 8.10. The number of hydrogen-bond donors (Lipinski definition) is 1. The Morgan fingerprint density at radius 2 is 2.45 bits per heavy atom. The van der Waals surface area contributed by atoms with E-state index in [9.17, 15) is 4.39 Å². The third-order valence-corrected chi connectivity index (χ3v) is 2.23. The summed E-state index contributed by atoms with van der Waals surface area (Å²) in [7, 11) is 0. The molecule has 1 N–H and O–H groups in total. The lowest BCUT2D eigenvalue weighted by molar-refractivity contribution is 0.184. The molecule has 0 aliphatic carbocycles. The molecule has 0 aromatic heterocycles. The highest BCUT2D eigenvalue weighted by molar-refractivity contribution is 4.76. The van der Waals surface area contributed by atoms with E-state index in [2.05, 4.69) is 17.1 Å². The van der Waals surface area contributed by atoms with Gasteiger partial charge in [0.25, 0.3) is 0 Å². The molecule has 0 aromatic carbocycles. The molecule has 1 atom stereocenters. The molecule has 1 fully saturated rings. The van der Waals surface area contributed by atoms with Crippen molar-refractivity contribution in [1.82, 2.24) is 10.2 Å². The van der Waals surface area contributed by atoms with Crippen LogP contribution in [0, 0.1) is 0 Å². The third-order valence-electron chi connectivity index (χ3n) is 2.23. The Kier molecular flexibility index (Phi) is 3.80. The van der Waals surface area contributed by atoms with E-state index < -0.39 is 0 Å². The average molecular weight is 160 g/mol. The summed E-state index contributed by atoms with van der Waals surface area (Å²) in [6.07, 6.45) is 1.14. The second-order valence-corrected chi connectivity index (χ2v) is 3.05. The summed E-state index contributed by atoms with van der Waals surface area (Å²) in [5.74, 6) is 0. The van der Waals surface area contributed by atoms with Crippen LogP contribution in [0.15, 0.2) is 0 Å². The molecule has 0 spiro atoms. The number of alkyl halides is 1. The van der Waals surface area contributed by atoms with Gasteiger partial charge in [-0.25, -0.2) is 4.39 Å². The van der Waals surface area contributed by atoms with E-state index in [4.69, 9.17) is 0 Å². The van der Waals surface area contributed by atoms with Gasteiger partial charge in [0.1, 0.15) is 6.67 Å². The number of piperazine rings is 1. The number of halogens is 1. The summed E-state index contributed by atoms with van der Waals surface area (Å²) in [5, 5.41) is 3.39. The molecular weight excluding hydrogens is 143 g/mol. The summed E-state index contributed by atoms with van der Waals surface area (Å²) in [6.45, 7) is 5.59. The molecule has 0 bridgehead atoms. The predicted molar refractivity (Wildman–Crippen MR) is 44.5 cm³/mol. The van der Waals surface area contributed by atoms with Crippen LogP contribution < -0.4 is 5.32 Å². The quantitative estimate of drug-likeness (QED) is 0.651. The molecule has 1 heterocycles. The standard InChI is InChI=1S/C8H17FN2/c1-2-8-7-11(5-3-9)6-4-10-8/h8,10H,2-7H2,1H3. The van der Waals surface area contributed by atoms with Crippen LogP contribution in [0.2, 0.25) is 0 Å². The van der Waals surface area contributed by atoms with Crippen molar-refractivity contribution in [3.63, 3.8) is 0 Å². The van der Waals surface area contributed by atoms with Gasteiger partial charge in [0.2, 0.25) is 0 Å². The average Bonchev–Trinajstić information content (AvgIpc) is 2.06. The highest BCUT2D eigenvalue weighted by Gasteiger charge is 2.16. The Morgan fingerprint density at radius 3 is 3.09 bits per heavy atom. The first kappa shape index (κ1) is 8.94. The van der Waals surface area contributed by atoms with Gasteiger partial charge in [0, 0.05) is 32.2 Å². The molecule has 3 heteroatoms.